The lowest BCUT2D eigenvalue weighted by Crippen LogP contribution is -2.48. The first-order chi connectivity index (χ1) is 11.1. The Hall–Kier alpha value is -1.30. The van der Waals surface area contributed by atoms with Gasteiger partial charge in [0.05, 0.1) is 12.5 Å². The van der Waals surface area contributed by atoms with Gasteiger partial charge in [0.1, 0.15) is 0 Å². The van der Waals surface area contributed by atoms with Crippen molar-refractivity contribution in [3.8, 4) is 0 Å². The molecule has 0 saturated carbocycles. The number of rotatable bonds is 5. The normalized spacial score (nSPS) is 26.4. The van der Waals surface area contributed by atoms with Gasteiger partial charge in [-0.25, -0.2) is 0 Å². The molecule has 2 fully saturated rings. The summed E-state index contributed by atoms with van der Waals surface area (Å²) in [4.78, 5) is 21.5. The van der Waals surface area contributed by atoms with Crippen molar-refractivity contribution in [3.63, 3.8) is 0 Å². The van der Waals surface area contributed by atoms with Crippen LogP contribution in [0.3, 0.4) is 0 Å². The molecule has 2 atom stereocenters. The summed E-state index contributed by atoms with van der Waals surface area (Å²) in [6.07, 6.45) is 3.16. The lowest BCUT2D eigenvalue weighted by atomic mass is 9.98. The number of guanidine groups is 1. The number of hydrogen-bond acceptors (Lipinski definition) is 4. The van der Waals surface area contributed by atoms with E-state index in [0.717, 1.165) is 51.5 Å². The molecule has 0 aromatic rings. The van der Waals surface area contributed by atoms with Gasteiger partial charge in [-0.1, -0.05) is 0 Å². The highest BCUT2D eigenvalue weighted by Crippen LogP contribution is 2.19. The zero-order chi connectivity index (χ0) is 16.7. The lowest BCUT2D eigenvalue weighted by Gasteiger charge is -2.34. The van der Waals surface area contributed by atoms with Gasteiger partial charge < -0.3 is 19.9 Å². The Balaban J connectivity index is 1.94. The van der Waals surface area contributed by atoms with Crippen molar-refractivity contribution in [3.05, 3.63) is 0 Å². The molecular weight excluding hydrogens is 292 g/mol. The molecule has 132 valence electrons. The Morgan fingerprint density at radius 1 is 1.26 bits per heavy atom. The topological polar surface area (TPSA) is 57.2 Å². The summed E-state index contributed by atoms with van der Waals surface area (Å²) in [5.41, 5.74) is 0. The number of piperidine rings is 1. The average molecular weight is 324 g/mol. The molecule has 0 aromatic heterocycles. The fraction of sp³-hybridized carbons (Fsp3) is 0.882. The summed E-state index contributed by atoms with van der Waals surface area (Å²) in [6.45, 7) is 10.1. The van der Waals surface area contributed by atoms with Crippen molar-refractivity contribution in [2.24, 2.45) is 16.8 Å². The van der Waals surface area contributed by atoms with Gasteiger partial charge in [0.15, 0.2) is 5.96 Å². The zero-order valence-corrected chi connectivity index (χ0v) is 14.9. The predicted octanol–water partition coefficient (Wildman–Crippen LogP) is 1.18. The highest BCUT2D eigenvalue weighted by molar-refractivity contribution is 5.81. The van der Waals surface area contributed by atoms with Crippen molar-refractivity contribution < 1.29 is 9.53 Å². The number of carbonyl (C=O) groups excluding carboxylic acids is 1. The maximum atomic E-state index is 12.0. The van der Waals surface area contributed by atoms with E-state index in [-0.39, 0.29) is 11.9 Å². The molecule has 0 amide bonds. The molecule has 0 bridgehead atoms. The molecule has 6 nitrogen and oxygen atoms in total. The van der Waals surface area contributed by atoms with E-state index < -0.39 is 0 Å². The van der Waals surface area contributed by atoms with E-state index in [1.54, 1.807) is 0 Å². The van der Waals surface area contributed by atoms with Crippen LogP contribution in [0, 0.1) is 11.8 Å². The van der Waals surface area contributed by atoms with Crippen LogP contribution in [-0.2, 0) is 9.53 Å². The fourth-order valence-corrected chi connectivity index (χ4v) is 3.44. The summed E-state index contributed by atoms with van der Waals surface area (Å²) in [5, 5.41) is 3.39. The first-order valence-electron chi connectivity index (χ1n) is 9.02. The predicted molar refractivity (Wildman–Crippen MR) is 92.5 cm³/mol. The van der Waals surface area contributed by atoms with E-state index in [2.05, 4.69) is 29.1 Å². The minimum Gasteiger partial charge on any atom is -0.466 e. The lowest BCUT2D eigenvalue weighted by molar-refractivity contribution is -0.149. The van der Waals surface area contributed by atoms with Crippen LogP contribution in [0.25, 0.3) is 0 Å². The molecule has 2 unspecified atom stereocenters. The quantitative estimate of drug-likeness (QED) is 0.467. The molecule has 2 saturated heterocycles. The largest absolute Gasteiger partial charge is 0.466 e. The molecule has 1 N–H and O–H groups in total. The Kier molecular flexibility index (Phi) is 7.15. The molecule has 0 aliphatic carbocycles. The van der Waals surface area contributed by atoms with Crippen molar-refractivity contribution in [1.82, 2.24) is 15.1 Å². The average Bonchev–Trinajstić information content (AvgIpc) is 2.97. The Morgan fingerprint density at radius 3 is 2.74 bits per heavy atom. The molecular formula is C17H32N4O2. The molecule has 6 heteroatoms. The van der Waals surface area contributed by atoms with Crippen LogP contribution in [0.1, 0.15) is 33.1 Å². The van der Waals surface area contributed by atoms with Crippen LogP contribution >= 0.6 is 0 Å². The molecule has 2 aliphatic heterocycles. The smallest absolute Gasteiger partial charge is 0.310 e. The maximum Gasteiger partial charge on any atom is 0.310 e. The first-order valence-corrected chi connectivity index (χ1v) is 9.02. The number of likely N-dealkylation sites (tertiary alicyclic amines) is 2. The molecule has 2 heterocycles. The second kappa shape index (κ2) is 9.11. The van der Waals surface area contributed by atoms with E-state index in [1.807, 2.05) is 6.92 Å². The molecule has 2 rings (SSSR count). The summed E-state index contributed by atoms with van der Waals surface area (Å²) in [6, 6.07) is 0. The van der Waals surface area contributed by atoms with Crippen molar-refractivity contribution in [2.75, 3.05) is 52.9 Å². The Morgan fingerprint density at radius 2 is 2.09 bits per heavy atom. The third-order valence-corrected chi connectivity index (χ3v) is 4.66. The third-order valence-electron chi connectivity index (χ3n) is 4.66. The molecule has 2 aliphatic rings. The number of carbonyl (C=O) groups is 1. The van der Waals surface area contributed by atoms with Gasteiger partial charge in [-0.05, 0) is 52.6 Å². The monoisotopic (exact) mass is 324 g/mol. The van der Waals surface area contributed by atoms with E-state index >= 15 is 0 Å². The second-order valence-electron chi connectivity index (χ2n) is 6.65. The summed E-state index contributed by atoms with van der Waals surface area (Å²) >= 11 is 0. The van der Waals surface area contributed by atoms with Gasteiger partial charge in [0.25, 0.3) is 0 Å². The first kappa shape index (κ1) is 18.0. The number of ether oxygens (including phenoxy) is 1. The van der Waals surface area contributed by atoms with Crippen molar-refractivity contribution in [2.45, 2.75) is 33.1 Å². The van der Waals surface area contributed by atoms with Crippen molar-refractivity contribution in [1.29, 1.82) is 0 Å². The van der Waals surface area contributed by atoms with Gasteiger partial charge in [0, 0.05) is 32.7 Å². The van der Waals surface area contributed by atoms with Gasteiger partial charge in [-0.3, -0.25) is 9.79 Å². The standard InChI is InChI=1S/C17H32N4O2/c1-4-18-17(19-11-14-8-10-20(3)12-14)21-9-6-7-15(13-21)16(22)23-5-2/h14-15H,4-13H2,1-3H3,(H,18,19). The molecule has 23 heavy (non-hydrogen) atoms. The van der Waals surface area contributed by atoms with Gasteiger partial charge in [0.2, 0.25) is 0 Å². The highest BCUT2D eigenvalue weighted by atomic mass is 16.5. The van der Waals surface area contributed by atoms with Crippen LogP contribution in [0.4, 0.5) is 0 Å². The minimum atomic E-state index is -0.0644. The summed E-state index contributed by atoms with van der Waals surface area (Å²) in [5.74, 6) is 1.52. The SMILES string of the molecule is CCNC(=NCC1CCN(C)C1)N1CCCC(C(=O)OCC)C1. The number of nitrogens with one attached hydrogen (secondary N) is 1. The minimum absolute atomic E-state index is 0.0230. The Labute approximate surface area is 140 Å². The third kappa shape index (κ3) is 5.37. The van der Waals surface area contributed by atoms with E-state index in [1.165, 1.54) is 13.0 Å². The number of nitrogens with zero attached hydrogens (tertiary/aromatic N) is 3. The van der Waals surface area contributed by atoms with Crippen LogP contribution in [0.15, 0.2) is 4.99 Å². The van der Waals surface area contributed by atoms with Gasteiger partial charge in [-0.2, -0.15) is 0 Å². The summed E-state index contributed by atoms with van der Waals surface area (Å²) < 4.78 is 5.19. The van der Waals surface area contributed by atoms with Crippen molar-refractivity contribution >= 4 is 11.9 Å². The van der Waals surface area contributed by atoms with E-state index in [4.69, 9.17) is 9.73 Å². The maximum absolute atomic E-state index is 12.0. The number of aliphatic imine (C=N–C) groups is 1. The van der Waals surface area contributed by atoms with Crippen LogP contribution in [0.5, 0.6) is 0 Å². The van der Waals surface area contributed by atoms with Crippen LogP contribution < -0.4 is 5.32 Å². The summed E-state index contributed by atoms with van der Waals surface area (Å²) in [7, 11) is 2.17. The van der Waals surface area contributed by atoms with Gasteiger partial charge in [-0.15, -0.1) is 0 Å². The van der Waals surface area contributed by atoms with E-state index in [9.17, 15) is 4.79 Å². The van der Waals surface area contributed by atoms with Crippen LogP contribution in [0.2, 0.25) is 0 Å². The fourth-order valence-electron chi connectivity index (χ4n) is 3.44. The van der Waals surface area contributed by atoms with Gasteiger partial charge >= 0.3 is 5.97 Å². The molecule has 0 spiro atoms. The molecule has 0 radical (unpaired) electrons. The molecule has 0 aromatic carbocycles. The number of hydrogen-bond donors (Lipinski definition) is 1. The Bertz CT molecular complexity index is 413. The van der Waals surface area contributed by atoms with Crippen LogP contribution in [-0.4, -0.2) is 74.7 Å². The number of esters is 1. The van der Waals surface area contributed by atoms with E-state index in [0.29, 0.717) is 12.5 Å². The highest BCUT2D eigenvalue weighted by Gasteiger charge is 2.28. The zero-order valence-electron chi connectivity index (χ0n) is 14.9. The second-order valence-corrected chi connectivity index (χ2v) is 6.65.